The second kappa shape index (κ2) is 6.30. The van der Waals surface area contributed by atoms with E-state index < -0.39 is 5.97 Å². The van der Waals surface area contributed by atoms with Gasteiger partial charge >= 0.3 is 5.97 Å². The Bertz CT molecular complexity index is 522. The van der Waals surface area contributed by atoms with E-state index in [1.54, 1.807) is 18.1 Å². The second-order valence-corrected chi connectivity index (χ2v) is 5.66. The molecule has 6 heteroatoms. The lowest BCUT2D eigenvalue weighted by Crippen LogP contribution is -2.37. The number of nitrogens with zero attached hydrogens (tertiary/aromatic N) is 1. The van der Waals surface area contributed by atoms with E-state index in [1.807, 2.05) is 13.8 Å². The predicted octanol–water partition coefficient (Wildman–Crippen LogP) is 2.11. The Labute approximate surface area is 123 Å². The van der Waals surface area contributed by atoms with E-state index in [-0.39, 0.29) is 30.4 Å². The Morgan fingerprint density at radius 2 is 2.24 bits per heavy atom. The van der Waals surface area contributed by atoms with Crippen LogP contribution < -0.4 is 0 Å². The summed E-state index contributed by atoms with van der Waals surface area (Å²) in [6, 6.07) is 1.43. The Kier molecular flexibility index (Phi) is 4.67. The SMILES string of the molecule is CO[C@H]1C[C@@H](CC(=O)O)N(C(=O)c2occc2C(C)C)C1. The van der Waals surface area contributed by atoms with Crippen LogP contribution >= 0.6 is 0 Å². The number of carboxylic acid groups (broad SMARTS) is 1. The van der Waals surface area contributed by atoms with Gasteiger partial charge < -0.3 is 19.2 Å². The summed E-state index contributed by atoms with van der Waals surface area (Å²) in [7, 11) is 1.57. The summed E-state index contributed by atoms with van der Waals surface area (Å²) in [5, 5.41) is 9.00. The van der Waals surface area contributed by atoms with Crippen LogP contribution in [0.2, 0.25) is 0 Å². The number of aliphatic carboxylic acids is 1. The highest BCUT2D eigenvalue weighted by Gasteiger charge is 2.38. The molecule has 0 aromatic carbocycles. The molecule has 116 valence electrons. The van der Waals surface area contributed by atoms with Crippen molar-refractivity contribution in [2.75, 3.05) is 13.7 Å². The molecular weight excluding hydrogens is 274 g/mol. The van der Waals surface area contributed by atoms with E-state index in [0.717, 1.165) is 5.56 Å². The zero-order chi connectivity index (χ0) is 15.6. The van der Waals surface area contributed by atoms with Gasteiger partial charge in [-0.15, -0.1) is 0 Å². The minimum Gasteiger partial charge on any atom is -0.481 e. The number of ether oxygens (including phenoxy) is 1. The molecule has 1 aliphatic rings. The van der Waals surface area contributed by atoms with Gasteiger partial charge in [0, 0.05) is 25.3 Å². The summed E-state index contributed by atoms with van der Waals surface area (Å²) >= 11 is 0. The quantitative estimate of drug-likeness (QED) is 0.900. The maximum atomic E-state index is 12.7. The first-order valence-electron chi connectivity index (χ1n) is 7.07. The van der Waals surface area contributed by atoms with Gasteiger partial charge in [-0.25, -0.2) is 0 Å². The molecule has 2 rings (SSSR count). The Morgan fingerprint density at radius 3 is 2.81 bits per heavy atom. The standard InChI is InChI=1S/C15H21NO5/c1-9(2)12-4-5-21-14(12)15(19)16-8-11(20-3)6-10(16)7-13(17)18/h4-5,9-11H,6-8H2,1-3H3,(H,17,18)/t10-,11-/m0/s1. The molecule has 21 heavy (non-hydrogen) atoms. The minimum atomic E-state index is -0.918. The lowest BCUT2D eigenvalue weighted by molar-refractivity contribution is -0.138. The molecule has 1 fully saturated rings. The van der Waals surface area contributed by atoms with Crippen LogP contribution in [-0.4, -0.2) is 47.7 Å². The molecule has 0 aliphatic carbocycles. The minimum absolute atomic E-state index is 0.0800. The number of carboxylic acids is 1. The maximum Gasteiger partial charge on any atom is 0.305 e. The van der Waals surface area contributed by atoms with E-state index in [2.05, 4.69) is 0 Å². The Balaban J connectivity index is 2.22. The molecule has 0 radical (unpaired) electrons. The van der Waals surface area contributed by atoms with Crippen LogP contribution in [0.1, 0.15) is 48.7 Å². The topological polar surface area (TPSA) is 80.0 Å². The molecule has 0 saturated carbocycles. The highest BCUT2D eigenvalue weighted by Crippen LogP contribution is 2.28. The number of rotatable bonds is 5. The molecule has 1 amide bonds. The van der Waals surface area contributed by atoms with Crippen molar-refractivity contribution in [3.05, 3.63) is 23.7 Å². The number of carbonyl (C=O) groups excluding carboxylic acids is 1. The van der Waals surface area contributed by atoms with Gasteiger partial charge in [-0.2, -0.15) is 0 Å². The van der Waals surface area contributed by atoms with Crippen molar-refractivity contribution in [1.82, 2.24) is 4.90 Å². The average molecular weight is 295 g/mol. The highest BCUT2D eigenvalue weighted by molar-refractivity contribution is 5.93. The van der Waals surface area contributed by atoms with Crippen molar-refractivity contribution in [1.29, 1.82) is 0 Å². The van der Waals surface area contributed by atoms with Crippen molar-refractivity contribution < 1.29 is 23.8 Å². The van der Waals surface area contributed by atoms with Crippen LogP contribution in [0, 0.1) is 0 Å². The summed E-state index contributed by atoms with van der Waals surface area (Å²) in [4.78, 5) is 25.2. The molecule has 6 nitrogen and oxygen atoms in total. The van der Waals surface area contributed by atoms with Gasteiger partial charge in [0.25, 0.3) is 5.91 Å². The maximum absolute atomic E-state index is 12.7. The van der Waals surface area contributed by atoms with Crippen LogP contribution in [0.5, 0.6) is 0 Å². The van der Waals surface area contributed by atoms with Gasteiger partial charge in [-0.1, -0.05) is 13.8 Å². The molecule has 1 N–H and O–H groups in total. The number of carbonyl (C=O) groups is 2. The Morgan fingerprint density at radius 1 is 1.52 bits per heavy atom. The molecule has 1 aliphatic heterocycles. The average Bonchev–Trinajstić information content (AvgIpc) is 3.03. The lowest BCUT2D eigenvalue weighted by Gasteiger charge is -2.23. The van der Waals surface area contributed by atoms with Crippen LogP contribution in [-0.2, 0) is 9.53 Å². The lowest BCUT2D eigenvalue weighted by atomic mass is 10.0. The molecule has 1 saturated heterocycles. The van der Waals surface area contributed by atoms with Crippen LogP contribution in [0.25, 0.3) is 0 Å². The van der Waals surface area contributed by atoms with Crippen LogP contribution in [0.15, 0.2) is 16.7 Å². The number of amides is 1. The number of hydrogen-bond acceptors (Lipinski definition) is 4. The van der Waals surface area contributed by atoms with Crippen molar-refractivity contribution in [2.45, 2.75) is 44.8 Å². The monoisotopic (exact) mass is 295 g/mol. The highest BCUT2D eigenvalue weighted by atomic mass is 16.5. The third-order valence-electron chi connectivity index (χ3n) is 3.89. The summed E-state index contributed by atoms with van der Waals surface area (Å²) in [6.45, 7) is 4.36. The molecule has 0 unspecified atom stereocenters. The van der Waals surface area contributed by atoms with Crippen molar-refractivity contribution in [2.24, 2.45) is 0 Å². The van der Waals surface area contributed by atoms with Gasteiger partial charge in [-0.05, 0) is 18.4 Å². The van der Waals surface area contributed by atoms with Gasteiger partial charge in [0.15, 0.2) is 5.76 Å². The third kappa shape index (κ3) is 3.26. The number of hydrogen-bond donors (Lipinski definition) is 1. The first-order valence-corrected chi connectivity index (χ1v) is 7.07. The fraction of sp³-hybridized carbons (Fsp3) is 0.600. The fourth-order valence-electron chi connectivity index (χ4n) is 2.77. The van der Waals surface area contributed by atoms with Crippen LogP contribution in [0.4, 0.5) is 0 Å². The number of likely N-dealkylation sites (tertiary alicyclic amines) is 1. The van der Waals surface area contributed by atoms with Gasteiger partial charge in [0.05, 0.1) is 18.8 Å². The largest absolute Gasteiger partial charge is 0.481 e. The second-order valence-electron chi connectivity index (χ2n) is 5.66. The molecule has 2 atom stereocenters. The van der Waals surface area contributed by atoms with Gasteiger partial charge in [0.2, 0.25) is 0 Å². The predicted molar refractivity (Wildman–Crippen MR) is 75.3 cm³/mol. The van der Waals surface area contributed by atoms with E-state index >= 15 is 0 Å². The molecule has 1 aromatic rings. The molecule has 0 bridgehead atoms. The molecule has 1 aromatic heterocycles. The summed E-state index contributed by atoms with van der Waals surface area (Å²) in [5.41, 5.74) is 0.843. The number of furan rings is 1. The van der Waals surface area contributed by atoms with E-state index in [4.69, 9.17) is 14.3 Å². The zero-order valence-electron chi connectivity index (χ0n) is 12.5. The molecule has 0 spiro atoms. The van der Waals surface area contributed by atoms with Crippen molar-refractivity contribution in [3.63, 3.8) is 0 Å². The normalized spacial score (nSPS) is 22.0. The van der Waals surface area contributed by atoms with Crippen molar-refractivity contribution in [3.8, 4) is 0 Å². The van der Waals surface area contributed by atoms with E-state index in [9.17, 15) is 9.59 Å². The van der Waals surface area contributed by atoms with Crippen LogP contribution in [0.3, 0.4) is 0 Å². The van der Waals surface area contributed by atoms with E-state index in [0.29, 0.717) is 18.7 Å². The van der Waals surface area contributed by atoms with Crippen molar-refractivity contribution >= 4 is 11.9 Å². The first-order chi connectivity index (χ1) is 9.93. The Hall–Kier alpha value is -1.82. The fourth-order valence-corrected chi connectivity index (χ4v) is 2.77. The summed E-state index contributed by atoms with van der Waals surface area (Å²) in [5.74, 6) is -0.703. The number of methoxy groups -OCH3 is 1. The summed E-state index contributed by atoms with van der Waals surface area (Å²) in [6.07, 6.45) is 1.82. The van der Waals surface area contributed by atoms with Gasteiger partial charge in [-0.3, -0.25) is 9.59 Å². The van der Waals surface area contributed by atoms with E-state index in [1.165, 1.54) is 6.26 Å². The third-order valence-corrected chi connectivity index (χ3v) is 3.89. The summed E-state index contributed by atoms with van der Waals surface area (Å²) < 4.78 is 10.6. The smallest absolute Gasteiger partial charge is 0.305 e. The molecule has 2 heterocycles. The first kappa shape index (κ1) is 15.6. The molecular formula is C15H21NO5. The van der Waals surface area contributed by atoms with Gasteiger partial charge in [0.1, 0.15) is 0 Å². The zero-order valence-corrected chi connectivity index (χ0v) is 12.5.